The van der Waals surface area contributed by atoms with Gasteiger partial charge >= 0.3 is 5.97 Å². The molecule has 0 spiro atoms. The summed E-state index contributed by atoms with van der Waals surface area (Å²) in [6.07, 6.45) is 3.48. The zero-order valence-electron chi connectivity index (χ0n) is 8.42. The van der Waals surface area contributed by atoms with Crippen LogP contribution in [0.2, 0.25) is 0 Å². The first-order valence-corrected chi connectivity index (χ1v) is 4.91. The number of aliphatic carboxylic acids is 1. The van der Waals surface area contributed by atoms with Crippen LogP contribution in [0.5, 0.6) is 0 Å². The molecule has 1 rings (SSSR count). The monoisotopic (exact) mass is 185 g/mol. The molecule has 1 saturated carbocycles. The maximum Gasteiger partial charge on any atom is 0.303 e. The Labute approximate surface area is 79.3 Å². The third kappa shape index (κ3) is 2.99. The van der Waals surface area contributed by atoms with Crippen LogP contribution in [0.4, 0.5) is 0 Å². The first kappa shape index (κ1) is 10.5. The van der Waals surface area contributed by atoms with E-state index in [2.05, 4.69) is 6.92 Å². The highest BCUT2D eigenvalue weighted by Crippen LogP contribution is 2.48. The van der Waals surface area contributed by atoms with E-state index in [0.29, 0.717) is 5.41 Å². The zero-order chi connectivity index (χ0) is 10.1. The fraction of sp³-hybridized carbons (Fsp3) is 0.900. The van der Waals surface area contributed by atoms with Gasteiger partial charge in [-0.15, -0.1) is 0 Å². The summed E-state index contributed by atoms with van der Waals surface area (Å²) in [6.45, 7) is 4.14. The molecule has 1 aliphatic carbocycles. The Balaban J connectivity index is 2.27. The molecule has 0 aliphatic heterocycles. The summed E-state index contributed by atoms with van der Waals surface area (Å²) in [7, 11) is 0. The van der Waals surface area contributed by atoms with Crippen LogP contribution in [0.1, 0.15) is 39.5 Å². The molecule has 0 aromatic rings. The largest absolute Gasteiger partial charge is 0.481 e. The quantitative estimate of drug-likeness (QED) is 0.684. The van der Waals surface area contributed by atoms with Crippen LogP contribution in [0.25, 0.3) is 0 Å². The normalized spacial score (nSPS) is 23.6. The third-order valence-corrected chi connectivity index (χ3v) is 3.11. The number of carboxylic acids is 1. The summed E-state index contributed by atoms with van der Waals surface area (Å²) in [5.41, 5.74) is 6.31. The van der Waals surface area contributed by atoms with Crippen molar-refractivity contribution in [1.82, 2.24) is 0 Å². The van der Waals surface area contributed by atoms with E-state index >= 15 is 0 Å². The second kappa shape index (κ2) is 3.66. The lowest BCUT2D eigenvalue weighted by Crippen LogP contribution is -2.31. The lowest BCUT2D eigenvalue weighted by Gasteiger charge is -2.21. The fourth-order valence-corrected chi connectivity index (χ4v) is 1.67. The van der Waals surface area contributed by atoms with Gasteiger partial charge in [0, 0.05) is 12.5 Å². The van der Waals surface area contributed by atoms with Crippen LogP contribution in [0, 0.1) is 11.3 Å². The van der Waals surface area contributed by atoms with Crippen molar-refractivity contribution in [2.75, 3.05) is 0 Å². The second-order valence-corrected chi connectivity index (χ2v) is 4.70. The number of rotatable bonds is 5. The number of nitrogens with two attached hydrogens (primary N) is 1. The maximum absolute atomic E-state index is 10.4. The predicted molar refractivity (Wildman–Crippen MR) is 51.4 cm³/mol. The molecule has 1 fully saturated rings. The van der Waals surface area contributed by atoms with Gasteiger partial charge in [0.15, 0.2) is 0 Å². The predicted octanol–water partition coefficient (Wildman–Crippen LogP) is 1.61. The van der Waals surface area contributed by atoms with Crippen molar-refractivity contribution in [2.24, 2.45) is 17.1 Å². The lowest BCUT2D eigenvalue weighted by molar-refractivity contribution is -0.138. The summed E-state index contributed by atoms with van der Waals surface area (Å²) in [6, 6.07) is 0.182. The Hall–Kier alpha value is -0.570. The maximum atomic E-state index is 10.4. The van der Waals surface area contributed by atoms with Gasteiger partial charge in [0.2, 0.25) is 0 Å². The first-order valence-electron chi connectivity index (χ1n) is 4.91. The molecule has 0 heterocycles. The van der Waals surface area contributed by atoms with Gasteiger partial charge in [-0.3, -0.25) is 4.79 Å². The van der Waals surface area contributed by atoms with E-state index in [9.17, 15) is 4.79 Å². The highest BCUT2D eigenvalue weighted by atomic mass is 16.4. The average Bonchev–Trinajstić information content (AvgIpc) is 2.67. The molecule has 1 aliphatic rings. The van der Waals surface area contributed by atoms with Gasteiger partial charge in [0.1, 0.15) is 0 Å². The van der Waals surface area contributed by atoms with E-state index < -0.39 is 5.97 Å². The minimum absolute atomic E-state index is 0.182. The summed E-state index contributed by atoms with van der Waals surface area (Å²) in [5.74, 6) is -0.523. The lowest BCUT2D eigenvalue weighted by atomic mass is 9.89. The second-order valence-electron chi connectivity index (χ2n) is 4.70. The van der Waals surface area contributed by atoms with Crippen molar-refractivity contribution in [2.45, 2.75) is 45.6 Å². The van der Waals surface area contributed by atoms with Gasteiger partial charge in [0.05, 0.1) is 0 Å². The van der Waals surface area contributed by atoms with Crippen molar-refractivity contribution < 1.29 is 9.90 Å². The molecule has 0 saturated heterocycles. The van der Waals surface area contributed by atoms with E-state index in [1.165, 1.54) is 12.8 Å². The summed E-state index contributed by atoms with van der Waals surface area (Å²) in [5, 5.41) is 8.57. The number of carbonyl (C=O) groups is 1. The average molecular weight is 185 g/mol. The van der Waals surface area contributed by atoms with Gasteiger partial charge in [-0.1, -0.05) is 13.8 Å². The molecule has 3 nitrogen and oxygen atoms in total. The van der Waals surface area contributed by atoms with Crippen LogP contribution in [-0.4, -0.2) is 17.1 Å². The number of hydrogen-bond acceptors (Lipinski definition) is 2. The van der Waals surface area contributed by atoms with Crippen molar-refractivity contribution in [1.29, 1.82) is 0 Å². The minimum Gasteiger partial charge on any atom is -0.481 e. The summed E-state index contributed by atoms with van der Waals surface area (Å²) in [4.78, 5) is 10.4. The van der Waals surface area contributed by atoms with E-state index in [0.717, 1.165) is 6.42 Å². The van der Waals surface area contributed by atoms with E-state index in [1.54, 1.807) is 0 Å². The SMILES string of the molecule is CC(CC(=O)O)CC(N)C1(C)CC1. The van der Waals surface area contributed by atoms with Gasteiger partial charge in [0.25, 0.3) is 0 Å². The third-order valence-electron chi connectivity index (χ3n) is 3.11. The number of hydrogen-bond donors (Lipinski definition) is 2. The fourth-order valence-electron chi connectivity index (χ4n) is 1.67. The molecular weight excluding hydrogens is 166 g/mol. The van der Waals surface area contributed by atoms with E-state index in [-0.39, 0.29) is 18.4 Å². The molecule has 3 heteroatoms. The van der Waals surface area contributed by atoms with Crippen molar-refractivity contribution in [3.63, 3.8) is 0 Å². The Morgan fingerprint density at radius 2 is 2.15 bits per heavy atom. The van der Waals surface area contributed by atoms with Crippen LogP contribution >= 0.6 is 0 Å². The first-order chi connectivity index (χ1) is 5.94. The molecule has 0 aromatic carbocycles. The van der Waals surface area contributed by atoms with E-state index in [4.69, 9.17) is 10.8 Å². The van der Waals surface area contributed by atoms with Crippen molar-refractivity contribution >= 4 is 5.97 Å². The molecule has 0 amide bonds. The Morgan fingerprint density at radius 3 is 2.54 bits per heavy atom. The molecular formula is C10H19NO2. The summed E-state index contributed by atoms with van der Waals surface area (Å²) >= 11 is 0. The number of carboxylic acid groups (broad SMARTS) is 1. The topological polar surface area (TPSA) is 63.3 Å². The molecule has 2 atom stereocenters. The Kier molecular flexibility index (Phi) is 2.96. The van der Waals surface area contributed by atoms with Crippen LogP contribution in [0.15, 0.2) is 0 Å². The highest BCUT2D eigenvalue weighted by molar-refractivity contribution is 5.66. The summed E-state index contributed by atoms with van der Waals surface area (Å²) < 4.78 is 0. The zero-order valence-corrected chi connectivity index (χ0v) is 8.42. The minimum atomic E-state index is -0.722. The molecule has 0 bridgehead atoms. The van der Waals surface area contributed by atoms with Gasteiger partial charge in [-0.05, 0) is 30.6 Å². The molecule has 0 radical (unpaired) electrons. The Morgan fingerprint density at radius 1 is 1.62 bits per heavy atom. The van der Waals surface area contributed by atoms with Crippen molar-refractivity contribution in [3.8, 4) is 0 Å². The van der Waals surface area contributed by atoms with Gasteiger partial charge in [-0.2, -0.15) is 0 Å². The molecule has 2 unspecified atom stereocenters. The smallest absolute Gasteiger partial charge is 0.303 e. The standard InChI is InChI=1S/C10H19NO2/c1-7(6-9(12)13)5-8(11)10(2)3-4-10/h7-8H,3-6,11H2,1-2H3,(H,12,13). The van der Waals surface area contributed by atoms with Crippen LogP contribution in [0.3, 0.4) is 0 Å². The van der Waals surface area contributed by atoms with Crippen LogP contribution < -0.4 is 5.73 Å². The molecule has 13 heavy (non-hydrogen) atoms. The van der Waals surface area contributed by atoms with Crippen molar-refractivity contribution in [3.05, 3.63) is 0 Å². The molecule has 0 aromatic heterocycles. The van der Waals surface area contributed by atoms with E-state index in [1.807, 2.05) is 6.92 Å². The van der Waals surface area contributed by atoms with Gasteiger partial charge < -0.3 is 10.8 Å². The molecule has 3 N–H and O–H groups in total. The molecule has 76 valence electrons. The van der Waals surface area contributed by atoms with Gasteiger partial charge in [-0.25, -0.2) is 0 Å². The van der Waals surface area contributed by atoms with Crippen LogP contribution in [-0.2, 0) is 4.79 Å². The Bertz CT molecular complexity index is 199. The highest BCUT2D eigenvalue weighted by Gasteiger charge is 2.43.